The van der Waals surface area contributed by atoms with Crippen LogP contribution in [0, 0.1) is 20.2 Å². The molecule has 0 aromatic heterocycles. The Kier molecular flexibility index (Phi) is 16.8. The van der Waals surface area contributed by atoms with Crippen LogP contribution in [0.4, 0.5) is 34.1 Å². The fourth-order valence-electron chi connectivity index (χ4n) is 8.34. The molecule has 18 heteroatoms. The molecule has 0 spiro atoms. The number of nitrogens with zero attached hydrogens (tertiary/aromatic N) is 6. The third-order valence-corrected chi connectivity index (χ3v) is 11.5. The number of hydrogen-bond acceptors (Lipinski definition) is 16. The highest BCUT2D eigenvalue weighted by atomic mass is 16.6. The smallest absolute Gasteiger partial charge is 0.269 e. The Balaban J connectivity index is 1.29. The Morgan fingerprint density at radius 2 is 0.686 bits per heavy atom. The molecule has 0 amide bonds. The lowest BCUT2D eigenvalue weighted by Gasteiger charge is -2.22. The van der Waals surface area contributed by atoms with Crippen LogP contribution in [0.5, 0.6) is 23.0 Å². The lowest BCUT2D eigenvalue weighted by atomic mass is 9.91. The van der Waals surface area contributed by atoms with Gasteiger partial charge in [0.25, 0.3) is 11.4 Å². The number of fused-ring (bicyclic) bond motifs is 2. The lowest BCUT2D eigenvalue weighted by Crippen LogP contribution is -2.15. The first-order valence-electron chi connectivity index (χ1n) is 22.8. The molecule has 2 aliphatic rings. The van der Waals surface area contributed by atoms with Crippen LogP contribution in [-0.2, 0) is 44.6 Å². The Morgan fingerprint density at radius 1 is 0.400 bits per heavy atom. The third-order valence-electron chi connectivity index (χ3n) is 11.5. The zero-order valence-electron chi connectivity index (χ0n) is 38.9. The van der Waals surface area contributed by atoms with E-state index >= 15 is 0 Å². The summed E-state index contributed by atoms with van der Waals surface area (Å²) in [6.45, 7) is 3.44. The minimum atomic E-state index is -0.458. The summed E-state index contributed by atoms with van der Waals surface area (Å²) in [6.07, 6.45) is 1.46. The normalized spacial score (nSPS) is 15.2. The number of nitro benzene ring substituents is 2. The quantitative estimate of drug-likeness (QED) is 0.0791. The van der Waals surface area contributed by atoms with Gasteiger partial charge in [0.1, 0.15) is 36.2 Å². The van der Waals surface area contributed by atoms with Crippen molar-refractivity contribution in [1.82, 2.24) is 0 Å². The average molecular weight is 953 g/mol. The second-order valence-electron chi connectivity index (χ2n) is 16.2. The van der Waals surface area contributed by atoms with E-state index in [9.17, 15) is 20.2 Å². The molecule has 1 aliphatic carbocycles. The number of ether oxygens (including phenoxy) is 8. The van der Waals surface area contributed by atoms with Crippen molar-refractivity contribution in [1.29, 1.82) is 0 Å². The van der Waals surface area contributed by atoms with E-state index in [1.807, 2.05) is 60.7 Å². The van der Waals surface area contributed by atoms with E-state index in [0.717, 1.165) is 44.5 Å². The second kappa shape index (κ2) is 24.1. The molecule has 70 heavy (non-hydrogen) atoms. The molecule has 10 bridgehead atoms. The minimum Gasteiger partial charge on any atom is -0.496 e. The summed E-state index contributed by atoms with van der Waals surface area (Å²) in [4.78, 5) is 21.8. The molecule has 6 aromatic rings. The molecule has 0 saturated carbocycles. The van der Waals surface area contributed by atoms with Gasteiger partial charge in [-0.3, -0.25) is 20.2 Å². The van der Waals surface area contributed by atoms with Gasteiger partial charge < -0.3 is 37.9 Å². The van der Waals surface area contributed by atoms with Crippen LogP contribution in [0.1, 0.15) is 44.5 Å². The summed E-state index contributed by atoms with van der Waals surface area (Å²) in [7, 11) is 3.30. The molecular weight excluding hydrogens is 901 g/mol. The zero-order valence-corrected chi connectivity index (χ0v) is 38.9. The molecule has 6 aromatic carbocycles. The molecule has 1 heterocycles. The van der Waals surface area contributed by atoms with Gasteiger partial charge in [0.05, 0.1) is 99.7 Å². The third kappa shape index (κ3) is 12.7. The maximum atomic E-state index is 11.3. The van der Waals surface area contributed by atoms with Crippen molar-refractivity contribution in [3.63, 3.8) is 0 Å². The van der Waals surface area contributed by atoms with E-state index in [1.165, 1.54) is 24.3 Å². The summed E-state index contributed by atoms with van der Waals surface area (Å²) in [6, 6.07) is 31.5. The maximum Gasteiger partial charge on any atom is 0.269 e. The van der Waals surface area contributed by atoms with Gasteiger partial charge in [-0.05, 0) is 70.8 Å². The summed E-state index contributed by atoms with van der Waals surface area (Å²) < 4.78 is 49.3. The van der Waals surface area contributed by atoms with Crippen molar-refractivity contribution in [2.45, 2.75) is 25.7 Å². The highest BCUT2D eigenvalue weighted by Gasteiger charge is 2.23. The van der Waals surface area contributed by atoms with Crippen LogP contribution >= 0.6 is 0 Å². The predicted molar refractivity (Wildman–Crippen MR) is 259 cm³/mol. The standard InChI is InChI=1S/C52H52N6O12/c1-63-49-39-27-35-5-3-7-37-29-41-33-46(56-54-44-11-15-48(16-12-44)58(61)62)34-42(50(41)64-2)30-38-8-4-6-36(28-40(49)32-45(31-39)55-53-43-9-13-47(14-10-43)57(59)60)52(38)70-26-24-68-22-20-66-18-17-65-19-21-67-23-25-69-51(35)37/h3-16,31-34H,17-30H2,1-2H3. The fraction of sp³-hybridized carbons (Fsp3) is 0.308. The molecule has 0 atom stereocenters. The van der Waals surface area contributed by atoms with Crippen molar-refractivity contribution in [3.8, 4) is 23.0 Å². The second-order valence-corrected chi connectivity index (χ2v) is 16.2. The Bertz CT molecular complexity index is 2550. The Morgan fingerprint density at radius 3 is 0.971 bits per heavy atom. The number of rotatable bonds is 8. The van der Waals surface area contributed by atoms with E-state index in [-0.39, 0.29) is 24.6 Å². The van der Waals surface area contributed by atoms with Crippen molar-refractivity contribution >= 4 is 34.1 Å². The van der Waals surface area contributed by atoms with Crippen LogP contribution in [0.15, 0.2) is 130 Å². The number of hydrogen-bond donors (Lipinski definition) is 0. The summed E-state index contributed by atoms with van der Waals surface area (Å²) in [5.41, 5.74) is 8.61. The summed E-state index contributed by atoms with van der Waals surface area (Å²) >= 11 is 0. The molecule has 1 aliphatic heterocycles. The van der Waals surface area contributed by atoms with Crippen LogP contribution in [0.3, 0.4) is 0 Å². The van der Waals surface area contributed by atoms with Gasteiger partial charge in [-0.15, -0.1) is 0 Å². The zero-order chi connectivity index (χ0) is 48.7. The first kappa shape index (κ1) is 48.8. The van der Waals surface area contributed by atoms with Gasteiger partial charge in [0.15, 0.2) is 0 Å². The van der Waals surface area contributed by atoms with Crippen molar-refractivity contribution in [2.75, 3.05) is 80.3 Å². The first-order chi connectivity index (χ1) is 34.3. The molecule has 362 valence electrons. The molecule has 0 saturated heterocycles. The van der Waals surface area contributed by atoms with E-state index < -0.39 is 9.85 Å². The van der Waals surface area contributed by atoms with Gasteiger partial charge in [-0.1, -0.05) is 36.4 Å². The van der Waals surface area contributed by atoms with Gasteiger partial charge >= 0.3 is 0 Å². The molecular formula is C52H52N6O12. The van der Waals surface area contributed by atoms with Crippen LogP contribution in [0.2, 0.25) is 0 Å². The first-order valence-corrected chi connectivity index (χ1v) is 22.8. The summed E-state index contributed by atoms with van der Waals surface area (Å²) in [5.74, 6) is 2.62. The van der Waals surface area contributed by atoms with E-state index in [2.05, 4.69) is 20.5 Å². The Hall–Kier alpha value is -7.64. The van der Waals surface area contributed by atoms with Gasteiger partial charge in [-0.2, -0.15) is 20.5 Å². The maximum absolute atomic E-state index is 11.3. The fourth-order valence-corrected chi connectivity index (χ4v) is 8.34. The molecule has 0 N–H and O–H groups in total. The van der Waals surface area contributed by atoms with Gasteiger partial charge in [0, 0.05) is 72.2 Å². The van der Waals surface area contributed by atoms with Gasteiger partial charge in [-0.25, -0.2) is 0 Å². The molecule has 0 fully saturated rings. The molecule has 8 rings (SSSR count). The van der Waals surface area contributed by atoms with Crippen molar-refractivity contribution in [2.24, 2.45) is 20.5 Å². The molecule has 0 radical (unpaired) electrons. The number of non-ortho nitro benzene ring substituents is 2. The Labute approximate surface area is 404 Å². The highest BCUT2D eigenvalue weighted by molar-refractivity contribution is 5.61. The van der Waals surface area contributed by atoms with Gasteiger partial charge in [0.2, 0.25) is 0 Å². The van der Waals surface area contributed by atoms with Crippen molar-refractivity contribution in [3.05, 3.63) is 174 Å². The van der Waals surface area contributed by atoms with E-state index in [1.54, 1.807) is 38.5 Å². The highest BCUT2D eigenvalue weighted by Crippen LogP contribution is 2.42. The number of para-hydroxylation sites is 2. The van der Waals surface area contributed by atoms with Crippen LogP contribution < -0.4 is 18.9 Å². The average Bonchev–Trinajstić information content (AvgIpc) is 3.36. The number of methoxy groups -OCH3 is 2. The lowest BCUT2D eigenvalue weighted by molar-refractivity contribution is -0.385. The monoisotopic (exact) mass is 952 g/mol. The number of azo groups is 2. The summed E-state index contributed by atoms with van der Waals surface area (Å²) in [5, 5.41) is 41.0. The SMILES string of the molecule is COc1c2cc(N=Nc3ccc([N+](=O)[O-])cc3)cc1Cc1cccc3c1OCCOCCOCCOCCOCCOc1c(cccc1Cc1cc(N=Nc4ccc([N+](=O)[O-])cc4)cc(c1OC)C3)C2. The van der Waals surface area contributed by atoms with E-state index in [0.29, 0.717) is 124 Å². The van der Waals surface area contributed by atoms with E-state index in [4.69, 9.17) is 37.9 Å². The minimum absolute atomic E-state index is 0.0461. The van der Waals surface area contributed by atoms with Crippen LogP contribution in [-0.4, -0.2) is 90.1 Å². The van der Waals surface area contributed by atoms with Crippen LogP contribution in [0.25, 0.3) is 0 Å². The molecule has 18 nitrogen and oxygen atoms in total. The van der Waals surface area contributed by atoms with Crippen molar-refractivity contribution < 1.29 is 47.7 Å². The largest absolute Gasteiger partial charge is 0.496 e. The topological polar surface area (TPSA) is 210 Å². The predicted octanol–water partition coefficient (Wildman–Crippen LogP) is 10.9. The molecule has 0 unspecified atom stereocenters. The number of nitro groups is 2. The number of benzene rings is 6.